The van der Waals surface area contributed by atoms with Crippen LogP contribution < -0.4 is 0 Å². The molecule has 0 atom stereocenters. The highest BCUT2D eigenvalue weighted by Crippen LogP contribution is 2.29. The van der Waals surface area contributed by atoms with Crippen molar-refractivity contribution in [2.75, 3.05) is 0 Å². The van der Waals surface area contributed by atoms with Crippen LogP contribution in [0.1, 0.15) is 60.3 Å². The van der Waals surface area contributed by atoms with E-state index in [4.69, 9.17) is 0 Å². The predicted molar refractivity (Wildman–Crippen MR) is 95.3 cm³/mol. The Morgan fingerprint density at radius 3 is 2.46 bits per heavy atom. The van der Waals surface area contributed by atoms with Gasteiger partial charge < -0.3 is 9.67 Å². The molecular formula is C20H26N2O2. The fraction of sp³-hybridized carbons (Fsp3) is 0.500. The summed E-state index contributed by atoms with van der Waals surface area (Å²) in [7, 11) is 0. The fourth-order valence-corrected chi connectivity index (χ4v) is 3.72. The third-order valence-corrected chi connectivity index (χ3v) is 5.22. The van der Waals surface area contributed by atoms with Gasteiger partial charge in [0.1, 0.15) is 5.82 Å². The van der Waals surface area contributed by atoms with E-state index in [1.165, 1.54) is 37.7 Å². The van der Waals surface area contributed by atoms with Crippen molar-refractivity contribution in [2.24, 2.45) is 5.92 Å². The molecular weight excluding hydrogens is 300 g/mol. The zero-order chi connectivity index (χ0) is 17.1. The van der Waals surface area contributed by atoms with Gasteiger partial charge in [-0.25, -0.2) is 9.78 Å². The van der Waals surface area contributed by atoms with Gasteiger partial charge in [0.2, 0.25) is 0 Å². The number of imidazole rings is 1. The summed E-state index contributed by atoms with van der Waals surface area (Å²) in [5, 5.41) is 9.44. The number of hydrogen-bond donors (Lipinski definition) is 1. The van der Waals surface area contributed by atoms with E-state index in [0.29, 0.717) is 0 Å². The van der Waals surface area contributed by atoms with Gasteiger partial charge in [0.15, 0.2) is 5.69 Å². The lowest BCUT2D eigenvalue weighted by Gasteiger charge is -2.22. The summed E-state index contributed by atoms with van der Waals surface area (Å²) in [6.45, 7) is 4.77. The van der Waals surface area contributed by atoms with Crippen LogP contribution >= 0.6 is 0 Å². The number of carbonyl (C=O) groups is 1. The van der Waals surface area contributed by atoms with Crippen molar-refractivity contribution in [3.63, 3.8) is 0 Å². The Labute approximate surface area is 143 Å². The summed E-state index contributed by atoms with van der Waals surface area (Å²) in [5.74, 6) is 0.595. The molecule has 24 heavy (non-hydrogen) atoms. The molecule has 1 saturated carbocycles. The maximum Gasteiger partial charge on any atom is 0.356 e. The molecule has 4 nitrogen and oxygen atoms in total. The van der Waals surface area contributed by atoms with Gasteiger partial charge in [-0.3, -0.25) is 0 Å². The topological polar surface area (TPSA) is 55.1 Å². The van der Waals surface area contributed by atoms with Crippen LogP contribution in [-0.4, -0.2) is 20.6 Å². The normalized spacial score (nSPS) is 15.6. The fourth-order valence-electron chi connectivity index (χ4n) is 3.72. The third kappa shape index (κ3) is 3.53. The van der Waals surface area contributed by atoms with E-state index in [9.17, 15) is 9.90 Å². The second-order valence-electron chi connectivity index (χ2n) is 6.98. The zero-order valence-electron chi connectivity index (χ0n) is 14.6. The smallest absolute Gasteiger partial charge is 0.356 e. The molecule has 1 aromatic heterocycles. The first-order chi connectivity index (χ1) is 11.6. The highest BCUT2D eigenvalue weighted by Gasteiger charge is 2.21. The van der Waals surface area contributed by atoms with Crippen LogP contribution in [0.2, 0.25) is 0 Å². The molecule has 128 valence electrons. The van der Waals surface area contributed by atoms with Gasteiger partial charge in [0.05, 0.1) is 0 Å². The van der Waals surface area contributed by atoms with E-state index in [-0.39, 0.29) is 5.69 Å². The largest absolute Gasteiger partial charge is 0.476 e. The molecule has 0 unspecified atom stereocenters. The van der Waals surface area contributed by atoms with E-state index in [1.807, 2.05) is 38.1 Å². The van der Waals surface area contributed by atoms with E-state index < -0.39 is 5.97 Å². The minimum atomic E-state index is -0.947. The molecule has 1 heterocycles. The highest BCUT2D eigenvalue weighted by molar-refractivity contribution is 5.87. The average molecular weight is 326 g/mol. The van der Waals surface area contributed by atoms with E-state index in [2.05, 4.69) is 9.55 Å². The van der Waals surface area contributed by atoms with Gasteiger partial charge in [-0.2, -0.15) is 0 Å². The van der Waals surface area contributed by atoms with Gasteiger partial charge in [-0.15, -0.1) is 0 Å². The quantitative estimate of drug-likeness (QED) is 0.855. The Morgan fingerprint density at radius 1 is 1.17 bits per heavy atom. The van der Waals surface area contributed by atoms with Crippen LogP contribution in [0.5, 0.6) is 0 Å². The first-order valence-corrected chi connectivity index (χ1v) is 8.93. The van der Waals surface area contributed by atoms with E-state index >= 15 is 0 Å². The monoisotopic (exact) mass is 326 g/mol. The minimum absolute atomic E-state index is 0.175. The molecule has 0 saturated heterocycles. The molecule has 3 rings (SSSR count). The van der Waals surface area contributed by atoms with Crippen molar-refractivity contribution in [3.8, 4) is 11.4 Å². The second kappa shape index (κ2) is 7.20. The molecule has 4 heteroatoms. The van der Waals surface area contributed by atoms with Crippen molar-refractivity contribution in [1.82, 2.24) is 9.55 Å². The molecule has 2 aromatic rings. The highest BCUT2D eigenvalue weighted by atomic mass is 16.4. The molecule has 0 aliphatic heterocycles. The van der Waals surface area contributed by atoms with Gasteiger partial charge in [-0.1, -0.05) is 61.9 Å². The molecule has 1 fully saturated rings. The number of carboxylic acids is 1. The molecule has 1 aliphatic carbocycles. The number of benzene rings is 1. The SMILES string of the molecule is Cc1ccc(-c2nc(C(=O)O)c(C)n2CCC2CCCCC2)cc1. The van der Waals surface area contributed by atoms with Crippen molar-refractivity contribution >= 4 is 5.97 Å². The second-order valence-corrected chi connectivity index (χ2v) is 6.98. The predicted octanol–water partition coefficient (Wildman–Crippen LogP) is 4.84. The van der Waals surface area contributed by atoms with E-state index in [0.717, 1.165) is 36.0 Å². The molecule has 1 aromatic carbocycles. The molecule has 0 bridgehead atoms. The third-order valence-electron chi connectivity index (χ3n) is 5.22. The maximum absolute atomic E-state index is 11.5. The van der Waals surface area contributed by atoms with Crippen LogP contribution in [0.3, 0.4) is 0 Å². The Hall–Kier alpha value is -2.10. The summed E-state index contributed by atoms with van der Waals surface area (Å²) in [4.78, 5) is 15.9. The number of hydrogen-bond acceptors (Lipinski definition) is 2. The maximum atomic E-state index is 11.5. The summed E-state index contributed by atoms with van der Waals surface area (Å²) in [6, 6.07) is 8.15. The van der Waals surface area contributed by atoms with Crippen molar-refractivity contribution in [3.05, 3.63) is 41.2 Å². The lowest BCUT2D eigenvalue weighted by molar-refractivity contribution is 0.0690. The van der Waals surface area contributed by atoms with Crippen LogP contribution in [0.4, 0.5) is 0 Å². The first kappa shape index (κ1) is 16.7. The number of aromatic carboxylic acids is 1. The molecule has 1 N–H and O–H groups in total. The van der Waals surface area contributed by atoms with E-state index in [1.54, 1.807) is 0 Å². The Morgan fingerprint density at radius 2 is 1.83 bits per heavy atom. The minimum Gasteiger partial charge on any atom is -0.476 e. The summed E-state index contributed by atoms with van der Waals surface area (Å²) < 4.78 is 2.10. The van der Waals surface area contributed by atoms with Crippen LogP contribution in [0, 0.1) is 19.8 Å². The average Bonchev–Trinajstić information content (AvgIpc) is 2.91. The van der Waals surface area contributed by atoms with Crippen molar-refractivity contribution in [1.29, 1.82) is 0 Å². The van der Waals surface area contributed by atoms with Crippen molar-refractivity contribution in [2.45, 2.75) is 58.9 Å². The lowest BCUT2D eigenvalue weighted by atomic mass is 9.87. The standard InChI is InChI=1S/C20H26N2O2/c1-14-8-10-17(11-9-14)19-21-18(20(23)24)15(2)22(19)13-12-16-6-4-3-5-7-16/h8-11,16H,3-7,12-13H2,1-2H3,(H,23,24). The summed E-state index contributed by atoms with van der Waals surface area (Å²) in [6.07, 6.45) is 7.74. The summed E-state index contributed by atoms with van der Waals surface area (Å²) in [5.41, 5.74) is 3.11. The van der Waals surface area contributed by atoms with Crippen molar-refractivity contribution < 1.29 is 9.90 Å². The molecule has 1 aliphatic rings. The molecule has 0 spiro atoms. The van der Waals surface area contributed by atoms with Gasteiger partial charge in [0, 0.05) is 17.8 Å². The number of carboxylic acid groups (broad SMARTS) is 1. The van der Waals surface area contributed by atoms with Gasteiger partial charge in [-0.05, 0) is 26.2 Å². The molecule has 0 radical (unpaired) electrons. The Bertz CT molecular complexity index is 710. The van der Waals surface area contributed by atoms with Gasteiger partial charge in [0.25, 0.3) is 0 Å². The number of aromatic nitrogens is 2. The lowest BCUT2D eigenvalue weighted by Crippen LogP contribution is -2.12. The van der Waals surface area contributed by atoms with Gasteiger partial charge >= 0.3 is 5.97 Å². The number of aryl methyl sites for hydroxylation is 1. The molecule has 0 amide bonds. The Balaban J connectivity index is 1.90. The first-order valence-electron chi connectivity index (χ1n) is 8.93. The van der Waals surface area contributed by atoms with Crippen LogP contribution in [0.25, 0.3) is 11.4 Å². The van der Waals surface area contributed by atoms with Crippen LogP contribution in [0.15, 0.2) is 24.3 Å². The number of rotatable bonds is 5. The van der Waals surface area contributed by atoms with Crippen LogP contribution in [-0.2, 0) is 6.54 Å². The zero-order valence-corrected chi connectivity index (χ0v) is 14.6. The summed E-state index contributed by atoms with van der Waals surface area (Å²) >= 11 is 0. The number of nitrogens with zero attached hydrogens (tertiary/aromatic N) is 2. The Kier molecular flexibility index (Phi) is 5.03.